The molecule has 1 heterocycles. The molecule has 0 aliphatic carbocycles. The van der Waals surface area contributed by atoms with Crippen molar-refractivity contribution in [2.45, 2.75) is 0 Å². The Morgan fingerprint density at radius 2 is 2.14 bits per heavy atom. The molecule has 0 atom stereocenters. The van der Waals surface area contributed by atoms with Crippen LogP contribution in [0.25, 0.3) is 0 Å². The Hall–Kier alpha value is -3.10. The van der Waals surface area contributed by atoms with Gasteiger partial charge in [0.05, 0.1) is 30.0 Å². The summed E-state index contributed by atoms with van der Waals surface area (Å²) in [5.74, 6) is 0.706. The van der Waals surface area contributed by atoms with Gasteiger partial charge >= 0.3 is 6.03 Å². The number of urea groups is 1. The largest absolute Gasteiger partial charge is 0.494 e. The van der Waals surface area contributed by atoms with Crippen molar-refractivity contribution in [3.8, 4) is 5.75 Å². The number of non-ortho nitro benzene ring substituents is 1. The molecule has 0 saturated heterocycles. The van der Waals surface area contributed by atoms with E-state index in [1.54, 1.807) is 19.3 Å². The third-order valence-electron chi connectivity index (χ3n) is 2.71. The van der Waals surface area contributed by atoms with E-state index in [-0.39, 0.29) is 11.4 Å². The number of aryl methyl sites for hydroxylation is 1. The monoisotopic (exact) mass is 291 g/mol. The van der Waals surface area contributed by atoms with E-state index in [4.69, 9.17) is 4.74 Å². The summed E-state index contributed by atoms with van der Waals surface area (Å²) in [6.07, 6.45) is 1.54. The van der Waals surface area contributed by atoms with Gasteiger partial charge in [-0.3, -0.25) is 20.1 Å². The number of rotatable bonds is 4. The van der Waals surface area contributed by atoms with E-state index in [9.17, 15) is 14.9 Å². The van der Waals surface area contributed by atoms with Crippen LogP contribution < -0.4 is 15.4 Å². The van der Waals surface area contributed by atoms with Crippen LogP contribution in [-0.4, -0.2) is 27.8 Å². The Bertz CT molecular complexity index is 682. The van der Waals surface area contributed by atoms with Crippen LogP contribution in [0, 0.1) is 10.1 Å². The number of hydrogen-bond acceptors (Lipinski definition) is 5. The summed E-state index contributed by atoms with van der Waals surface area (Å²) in [6, 6.07) is 5.04. The highest BCUT2D eigenvalue weighted by Crippen LogP contribution is 2.29. The molecule has 2 rings (SSSR count). The molecule has 0 unspecified atom stereocenters. The average Bonchev–Trinajstić information content (AvgIpc) is 2.84. The first-order chi connectivity index (χ1) is 10.0. The highest BCUT2D eigenvalue weighted by Gasteiger charge is 2.13. The molecule has 0 aliphatic rings. The Kier molecular flexibility index (Phi) is 4.02. The highest BCUT2D eigenvalue weighted by atomic mass is 16.6. The number of nitro groups is 1. The fourth-order valence-corrected chi connectivity index (χ4v) is 1.66. The number of aromatic nitrogens is 2. The minimum Gasteiger partial charge on any atom is -0.494 e. The maximum Gasteiger partial charge on any atom is 0.324 e. The SMILES string of the molecule is COc1cc([N+](=O)[O-])ccc1NC(=O)Nc1ccnn1C. The first kappa shape index (κ1) is 14.3. The number of anilines is 2. The topological polar surface area (TPSA) is 111 Å². The molecule has 9 nitrogen and oxygen atoms in total. The second-order valence-corrected chi connectivity index (χ2v) is 4.06. The van der Waals surface area contributed by atoms with Crippen LogP contribution in [0.5, 0.6) is 5.75 Å². The molecule has 9 heteroatoms. The maximum atomic E-state index is 11.9. The highest BCUT2D eigenvalue weighted by molar-refractivity contribution is 6.00. The molecule has 2 N–H and O–H groups in total. The lowest BCUT2D eigenvalue weighted by molar-refractivity contribution is -0.384. The average molecular weight is 291 g/mol. The maximum absolute atomic E-state index is 11.9. The summed E-state index contributed by atoms with van der Waals surface area (Å²) in [7, 11) is 3.05. The standard InChI is InChI=1S/C12H13N5O4/c1-16-11(5-6-13-16)15-12(18)14-9-4-3-8(17(19)20)7-10(9)21-2/h3-7H,1-2H3,(H2,14,15,18). The zero-order chi connectivity index (χ0) is 15.4. The van der Waals surface area contributed by atoms with E-state index in [1.807, 2.05) is 0 Å². The van der Waals surface area contributed by atoms with Crippen LogP contribution in [0.3, 0.4) is 0 Å². The summed E-state index contributed by atoms with van der Waals surface area (Å²) < 4.78 is 6.52. The molecule has 0 aliphatic heterocycles. The minimum atomic E-state index is -0.540. The third kappa shape index (κ3) is 3.26. The van der Waals surface area contributed by atoms with Crippen molar-refractivity contribution < 1.29 is 14.5 Å². The number of methoxy groups -OCH3 is 1. The lowest BCUT2D eigenvalue weighted by atomic mass is 10.2. The van der Waals surface area contributed by atoms with Crippen LogP contribution in [-0.2, 0) is 7.05 Å². The first-order valence-electron chi connectivity index (χ1n) is 5.89. The summed E-state index contributed by atoms with van der Waals surface area (Å²) in [6.45, 7) is 0. The normalized spacial score (nSPS) is 10.0. The number of ether oxygens (including phenoxy) is 1. The van der Waals surface area contributed by atoms with Crippen molar-refractivity contribution >= 4 is 23.2 Å². The van der Waals surface area contributed by atoms with Crippen LogP contribution in [0.1, 0.15) is 0 Å². The van der Waals surface area contributed by atoms with Gasteiger partial charge in [-0.05, 0) is 6.07 Å². The van der Waals surface area contributed by atoms with E-state index in [2.05, 4.69) is 15.7 Å². The summed E-state index contributed by atoms with van der Waals surface area (Å²) >= 11 is 0. The van der Waals surface area contributed by atoms with Crippen molar-refractivity contribution in [3.63, 3.8) is 0 Å². The number of benzene rings is 1. The first-order valence-corrected chi connectivity index (χ1v) is 5.89. The van der Waals surface area contributed by atoms with Gasteiger partial charge < -0.3 is 10.1 Å². The van der Waals surface area contributed by atoms with Crippen molar-refractivity contribution in [2.24, 2.45) is 7.05 Å². The van der Waals surface area contributed by atoms with Crippen molar-refractivity contribution in [3.05, 3.63) is 40.6 Å². The van der Waals surface area contributed by atoms with Gasteiger partial charge in [0.2, 0.25) is 0 Å². The molecule has 0 spiro atoms. The van der Waals surface area contributed by atoms with Crippen LogP contribution in [0.15, 0.2) is 30.5 Å². The van der Waals surface area contributed by atoms with Gasteiger partial charge in [-0.15, -0.1) is 0 Å². The number of amides is 2. The quantitative estimate of drug-likeness (QED) is 0.660. The summed E-state index contributed by atoms with van der Waals surface area (Å²) in [4.78, 5) is 22.0. The van der Waals surface area contributed by atoms with Crippen molar-refractivity contribution in [1.29, 1.82) is 0 Å². The fraction of sp³-hybridized carbons (Fsp3) is 0.167. The molecular formula is C12H13N5O4. The Morgan fingerprint density at radius 3 is 2.71 bits per heavy atom. The second-order valence-electron chi connectivity index (χ2n) is 4.06. The third-order valence-corrected chi connectivity index (χ3v) is 2.71. The molecule has 1 aromatic heterocycles. The molecule has 2 aromatic rings. The van der Waals surface area contributed by atoms with Gasteiger partial charge in [0.15, 0.2) is 0 Å². The van der Waals surface area contributed by atoms with E-state index in [0.717, 1.165) is 0 Å². The lowest BCUT2D eigenvalue weighted by Crippen LogP contribution is -2.21. The molecule has 0 fully saturated rings. The Balaban J connectivity index is 2.13. The molecule has 21 heavy (non-hydrogen) atoms. The zero-order valence-electron chi connectivity index (χ0n) is 11.4. The van der Waals surface area contributed by atoms with Gasteiger partial charge in [0, 0.05) is 19.2 Å². The molecule has 0 saturated carbocycles. The number of hydrogen-bond donors (Lipinski definition) is 2. The molecule has 110 valence electrons. The van der Waals surface area contributed by atoms with Crippen LogP contribution in [0.4, 0.5) is 22.0 Å². The van der Waals surface area contributed by atoms with E-state index >= 15 is 0 Å². The van der Waals surface area contributed by atoms with E-state index in [1.165, 1.54) is 30.0 Å². The number of nitro benzene ring substituents is 1. The summed E-state index contributed by atoms with van der Waals surface area (Å²) in [5.41, 5.74) is 0.201. The number of carbonyl (C=O) groups excluding carboxylic acids is 1. The smallest absolute Gasteiger partial charge is 0.324 e. The van der Waals surface area contributed by atoms with Crippen LogP contribution >= 0.6 is 0 Å². The van der Waals surface area contributed by atoms with Gasteiger partial charge in [0.1, 0.15) is 11.6 Å². The molecule has 2 amide bonds. The van der Waals surface area contributed by atoms with E-state index in [0.29, 0.717) is 11.5 Å². The van der Waals surface area contributed by atoms with Gasteiger partial charge in [-0.2, -0.15) is 5.10 Å². The molecular weight excluding hydrogens is 278 g/mol. The second kappa shape index (κ2) is 5.90. The molecule has 0 bridgehead atoms. The van der Waals surface area contributed by atoms with Crippen molar-refractivity contribution in [2.75, 3.05) is 17.7 Å². The molecule has 1 aromatic carbocycles. The Labute approximate surface area is 119 Å². The fourth-order valence-electron chi connectivity index (χ4n) is 1.66. The summed E-state index contributed by atoms with van der Waals surface area (Å²) in [5, 5.41) is 19.8. The lowest BCUT2D eigenvalue weighted by Gasteiger charge is -2.11. The predicted molar refractivity (Wildman–Crippen MR) is 75.5 cm³/mol. The zero-order valence-corrected chi connectivity index (χ0v) is 11.4. The minimum absolute atomic E-state index is 0.121. The van der Waals surface area contributed by atoms with Gasteiger partial charge in [0.25, 0.3) is 5.69 Å². The van der Waals surface area contributed by atoms with Gasteiger partial charge in [-0.1, -0.05) is 0 Å². The van der Waals surface area contributed by atoms with Crippen molar-refractivity contribution in [1.82, 2.24) is 9.78 Å². The molecule has 0 radical (unpaired) electrons. The van der Waals surface area contributed by atoms with E-state index < -0.39 is 11.0 Å². The Morgan fingerprint density at radius 1 is 1.38 bits per heavy atom. The van der Waals surface area contributed by atoms with Crippen LogP contribution in [0.2, 0.25) is 0 Å². The van der Waals surface area contributed by atoms with Gasteiger partial charge in [-0.25, -0.2) is 4.79 Å². The number of carbonyl (C=O) groups is 1. The predicted octanol–water partition coefficient (Wildman–Crippen LogP) is 1.98. The number of nitrogens with one attached hydrogen (secondary N) is 2. The number of nitrogens with zero attached hydrogens (tertiary/aromatic N) is 3.